The van der Waals surface area contributed by atoms with Crippen LogP contribution in [0.1, 0.15) is 0 Å². The van der Waals surface area contributed by atoms with Crippen LogP contribution in [0, 0.1) is 0 Å². The molecule has 0 aliphatic rings. The first-order chi connectivity index (χ1) is 23.9. The number of fused-ring (bicyclic) bond motifs is 2. The summed E-state index contributed by atoms with van der Waals surface area (Å²) in [6.45, 7) is 0. The standard InChI is InChI=1S/C46H32N2/c1-5-17-33(18-6-1)34-29-31-38(32-30-34)48-41-27-15-13-25-39(41)43(35-19-7-2-8-20-35)46(48)44-40-26-14-16-28-42(40)47(37-23-11-4-12-24-37)45(44)36-21-9-3-10-22-36/h1-32H. The molecule has 9 aromatic rings. The molecule has 2 heteroatoms. The molecule has 2 aromatic heterocycles. The summed E-state index contributed by atoms with van der Waals surface area (Å²) in [5.74, 6) is 0. The van der Waals surface area contributed by atoms with Gasteiger partial charge in [0, 0.05) is 33.3 Å². The molecule has 0 saturated heterocycles. The van der Waals surface area contributed by atoms with Crippen molar-refractivity contribution in [1.82, 2.24) is 9.13 Å². The molecule has 0 atom stereocenters. The van der Waals surface area contributed by atoms with Gasteiger partial charge in [-0.2, -0.15) is 0 Å². The van der Waals surface area contributed by atoms with Crippen LogP contribution in [-0.4, -0.2) is 9.13 Å². The Bertz CT molecular complexity index is 2510. The fourth-order valence-electron chi connectivity index (χ4n) is 7.27. The summed E-state index contributed by atoms with van der Waals surface area (Å²) < 4.78 is 4.92. The molecule has 0 saturated carbocycles. The molecule has 9 rings (SSSR count). The highest BCUT2D eigenvalue weighted by atomic mass is 15.0. The van der Waals surface area contributed by atoms with E-state index >= 15 is 0 Å². The van der Waals surface area contributed by atoms with Crippen LogP contribution in [0.2, 0.25) is 0 Å². The first-order valence-corrected chi connectivity index (χ1v) is 16.5. The zero-order valence-corrected chi connectivity index (χ0v) is 26.4. The molecular formula is C46H32N2. The minimum atomic E-state index is 1.12. The van der Waals surface area contributed by atoms with Crippen LogP contribution in [0.5, 0.6) is 0 Å². The number of nitrogens with zero attached hydrogens (tertiary/aromatic N) is 2. The third kappa shape index (κ3) is 4.58. The Morgan fingerprint density at radius 1 is 0.250 bits per heavy atom. The Morgan fingerprint density at radius 3 is 1.23 bits per heavy atom. The second-order valence-corrected chi connectivity index (χ2v) is 12.1. The Kier molecular flexibility index (Phi) is 6.84. The van der Waals surface area contributed by atoms with Crippen LogP contribution in [0.15, 0.2) is 194 Å². The molecule has 0 unspecified atom stereocenters. The average molecular weight is 613 g/mol. The van der Waals surface area contributed by atoms with Crippen LogP contribution in [0.4, 0.5) is 0 Å². The van der Waals surface area contributed by atoms with Gasteiger partial charge in [0.1, 0.15) is 0 Å². The largest absolute Gasteiger partial charge is 0.309 e. The maximum atomic E-state index is 2.48. The second-order valence-electron chi connectivity index (χ2n) is 12.1. The van der Waals surface area contributed by atoms with Crippen LogP contribution < -0.4 is 0 Å². The maximum Gasteiger partial charge on any atom is 0.0647 e. The van der Waals surface area contributed by atoms with Crippen molar-refractivity contribution in [3.63, 3.8) is 0 Å². The van der Waals surface area contributed by atoms with Gasteiger partial charge in [-0.05, 0) is 58.7 Å². The maximum absolute atomic E-state index is 2.48. The Labute approximate surface area is 280 Å². The number of benzene rings is 7. The summed E-state index contributed by atoms with van der Waals surface area (Å²) in [4.78, 5) is 0. The lowest BCUT2D eigenvalue weighted by Gasteiger charge is -2.17. The van der Waals surface area contributed by atoms with Gasteiger partial charge in [0.2, 0.25) is 0 Å². The third-order valence-electron chi connectivity index (χ3n) is 9.34. The quantitative estimate of drug-likeness (QED) is 0.177. The van der Waals surface area contributed by atoms with Crippen molar-refractivity contribution >= 4 is 21.8 Å². The summed E-state index contributed by atoms with van der Waals surface area (Å²) in [6.07, 6.45) is 0. The van der Waals surface area contributed by atoms with E-state index in [4.69, 9.17) is 0 Å². The molecule has 0 radical (unpaired) electrons. The van der Waals surface area contributed by atoms with Crippen molar-refractivity contribution in [1.29, 1.82) is 0 Å². The Morgan fingerprint density at radius 2 is 0.646 bits per heavy atom. The molecule has 2 heterocycles. The van der Waals surface area contributed by atoms with Gasteiger partial charge in [0.15, 0.2) is 0 Å². The van der Waals surface area contributed by atoms with E-state index in [1.807, 2.05) is 0 Å². The zero-order valence-electron chi connectivity index (χ0n) is 26.4. The molecule has 0 N–H and O–H groups in total. The smallest absolute Gasteiger partial charge is 0.0647 e. The van der Waals surface area contributed by atoms with E-state index in [-0.39, 0.29) is 0 Å². The summed E-state index contributed by atoms with van der Waals surface area (Å²) >= 11 is 0. The number of rotatable bonds is 6. The number of aromatic nitrogens is 2. The van der Waals surface area contributed by atoms with Gasteiger partial charge in [-0.25, -0.2) is 0 Å². The molecule has 7 aromatic carbocycles. The van der Waals surface area contributed by atoms with Crippen molar-refractivity contribution in [3.05, 3.63) is 194 Å². The number of hydrogen-bond acceptors (Lipinski definition) is 0. The van der Waals surface area contributed by atoms with E-state index in [1.54, 1.807) is 0 Å². The van der Waals surface area contributed by atoms with Gasteiger partial charge in [0.25, 0.3) is 0 Å². The molecule has 0 amide bonds. The lowest BCUT2D eigenvalue weighted by atomic mass is 9.95. The Hall–Kier alpha value is -6.38. The van der Waals surface area contributed by atoms with Crippen molar-refractivity contribution in [2.24, 2.45) is 0 Å². The molecule has 0 aliphatic carbocycles. The van der Waals surface area contributed by atoms with Gasteiger partial charge in [-0.3, -0.25) is 0 Å². The summed E-state index contributed by atoms with van der Waals surface area (Å²) in [5.41, 5.74) is 14.2. The van der Waals surface area contributed by atoms with Crippen molar-refractivity contribution in [2.45, 2.75) is 0 Å². The van der Waals surface area contributed by atoms with E-state index in [0.29, 0.717) is 0 Å². The van der Waals surface area contributed by atoms with Gasteiger partial charge in [-0.15, -0.1) is 0 Å². The topological polar surface area (TPSA) is 9.86 Å². The fourth-order valence-corrected chi connectivity index (χ4v) is 7.27. The Balaban J connectivity index is 1.45. The second kappa shape index (κ2) is 11.8. The van der Waals surface area contributed by atoms with Gasteiger partial charge >= 0.3 is 0 Å². The lowest BCUT2D eigenvalue weighted by molar-refractivity contribution is 1.12. The molecule has 48 heavy (non-hydrogen) atoms. The van der Waals surface area contributed by atoms with Crippen molar-refractivity contribution in [2.75, 3.05) is 0 Å². The molecule has 0 fully saturated rings. The lowest BCUT2D eigenvalue weighted by Crippen LogP contribution is -2.01. The van der Waals surface area contributed by atoms with Crippen LogP contribution >= 0.6 is 0 Å². The minimum Gasteiger partial charge on any atom is -0.309 e. The number of para-hydroxylation sites is 3. The summed E-state index contributed by atoms with van der Waals surface area (Å²) in [5, 5.41) is 2.43. The summed E-state index contributed by atoms with van der Waals surface area (Å²) in [6, 6.07) is 69.8. The molecule has 226 valence electrons. The highest BCUT2D eigenvalue weighted by Gasteiger charge is 2.28. The van der Waals surface area contributed by atoms with Crippen molar-refractivity contribution in [3.8, 4) is 56.1 Å². The van der Waals surface area contributed by atoms with Gasteiger partial charge in [-0.1, -0.05) is 158 Å². The third-order valence-corrected chi connectivity index (χ3v) is 9.34. The van der Waals surface area contributed by atoms with E-state index in [1.165, 1.54) is 66.6 Å². The first kappa shape index (κ1) is 27.9. The molecular weight excluding hydrogens is 581 g/mol. The van der Waals surface area contributed by atoms with Crippen LogP contribution in [-0.2, 0) is 0 Å². The highest BCUT2D eigenvalue weighted by molar-refractivity contribution is 6.14. The average Bonchev–Trinajstić information content (AvgIpc) is 3.69. The van der Waals surface area contributed by atoms with E-state index in [0.717, 1.165) is 11.4 Å². The van der Waals surface area contributed by atoms with E-state index < -0.39 is 0 Å². The van der Waals surface area contributed by atoms with Crippen LogP contribution in [0.3, 0.4) is 0 Å². The van der Waals surface area contributed by atoms with E-state index in [9.17, 15) is 0 Å². The first-order valence-electron chi connectivity index (χ1n) is 16.5. The molecule has 0 spiro atoms. The van der Waals surface area contributed by atoms with Crippen molar-refractivity contribution < 1.29 is 0 Å². The van der Waals surface area contributed by atoms with Gasteiger partial charge < -0.3 is 9.13 Å². The highest BCUT2D eigenvalue weighted by Crippen LogP contribution is 2.50. The fraction of sp³-hybridized carbons (Fsp3) is 0. The normalized spacial score (nSPS) is 11.3. The zero-order chi connectivity index (χ0) is 31.9. The predicted molar refractivity (Wildman–Crippen MR) is 202 cm³/mol. The summed E-state index contributed by atoms with van der Waals surface area (Å²) in [7, 11) is 0. The molecule has 0 bridgehead atoms. The molecule has 2 nitrogen and oxygen atoms in total. The monoisotopic (exact) mass is 612 g/mol. The van der Waals surface area contributed by atoms with Crippen LogP contribution in [0.25, 0.3) is 77.9 Å². The van der Waals surface area contributed by atoms with E-state index in [2.05, 4.69) is 203 Å². The van der Waals surface area contributed by atoms with Gasteiger partial charge in [0.05, 0.1) is 22.4 Å². The minimum absolute atomic E-state index is 1.12. The molecule has 0 aliphatic heterocycles. The predicted octanol–water partition coefficient (Wildman–Crippen LogP) is 12.2. The number of hydrogen-bond donors (Lipinski definition) is 0. The SMILES string of the molecule is c1ccc(-c2ccc(-n3c(-c4c(-c5ccccc5)n(-c5ccccc5)c5ccccc45)c(-c4ccccc4)c4ccccc43)cc2)cc1.